The van der Waals surface area contributed by atoms with E-state index in [1.54, 1.807) is 6.92 Å². The number of rotatable bonds is 7. The molecule has 2 amide bonds. The molecule has 0 bridgehead atoms. The lowest BCUT2D eigenvalue weighted by molar-refractivity contribution is -0.161. The van der Waals surface area contributed by atoms with Gasteiger partial charge >= 0.3 is 5.97 Å². The number of H-pyrrole nitrogens is 1. The first-order chi connectivity index (χ1) is 13.6. The van der Waals surface area contributed by atoms with Crippen molar-refractivity contribution >= 4 is 45.9 Å². The molecule has 0 aromatic carbocycles. The summed E-state index contributed by atoms with van der Waals surface area (Å²) in [7, 11) is 0. The highest BCUT2D eigenvalue weighted by Gasteiger charge is 2.48. The Labute approximate surface area is 167 Å². The smallest absolute Gasteiger partial charge is 0.350 e. The number of nitrogens with one attached hydrogen (secondary N) is 2. The Morgan fingerprint density at radius 2 is 2.21 bits per heavy atom. The normalized spacial score (nSPS) is 19.6. The van der Waals surface area contributed by atoms with Crippen LogP contribution in [0.4, 0.5) is 11.1 Å². The number of β-lactam (4-membered cyclic amide) rings is 1. The van der Waals surface area contributed by atoms with Gasteiger partial charge in [0.25, 0.3) is 17.8 Å². The minimum Gasteiger partial charge on any atom is -0.478 e. The number of amides is 2. The molecule has 0 aliphatic carbocycles. The summed E-state index contributed by atoms with van der Waals surface area (Å²) in [5.74, 6) is -2.43. The Balaban J connectivity index is 1.79. The summed E-state index contributed by atoms with van der Waals surface area (Å²) in [4.78, 5) is 46.6. The average Bonchev–Trinajstić information content (AvgIpc) is 3.32. The fraction of sp³-hybridized carbons (Fsp3) is 0.429. The third-order valence-electron chi connectivity index (χ3n) is 4.09. The van der Waals surface area contributed by atoms with Crippen molar-refractivity contribution in [2.24, 2.45) is 5.16 Å². The van der Waals surface area contributed by atoms with Crippen molar-refractivity contribution in [3.63, 3.8) is 0 Å². The zero-order valence-corrected chi connectivity index (χ0v) is 16.3. The fourth-order valence-electron chi connectivity index (χ4n) is 2.35. The van der Waals surface area contributed by atoms with Crippen LogP contribution in [0.5, 0.6) is 0 Å². The number of hydrogen-bond acceptors (Lipinski definition) is 11. The van der Waals surface area contributed by atoms with Crippen LogP contribution in [0.25, 0.3) is 0 Å². The van der Waals surface area contributed by atoms with Crippen LogP contribution in [-0.2, 0) is 19.2 Å². The zero-order chi connectivity index (χ0) is 21.3. The van der Waals surface area contributed by atoms with Gasteiger partial charge < -0.3 is 21.0 Å². The minimum absolute atomic E-state index is 0.0839. The predicted molar refractivity (Wildman–Crippen MR) is 98.9 cm³/mol. The van der Waals surface area contributed by atoms with Crippen molar-refractivity contribution in [2.45, 2.75) is 38.5 Å². The molecule has 1 fully saturated rings. The lowest BCUT2D eigenvalue weighted by Crippen LogP contribution is -2.70. The summed E-state index contributed by atoms with van der Waals surface area (Å²) in [5.41, 5.74) is 3.68. The highest BCUT2D eigenvalue weighted by atomic mass is 32.1. The minimum atomic E-state index is -1.69. The van der Waals surface area contributed by atoms with E-state index in [1.165, 1.54) is 24.1 Å². The molecule has 3 rings (SSSR count). The number of carboxylic acid groups (broad SMARTS) is 1. The van der Waals surface area contributed by atoms with Gasteiger partial charge in [0.1, 0.15) is 11.7 Å². The number of nitrogen functional groups attached to an aromatic ring is 1. The number of nitrogens with two attached hydrogens (primary N) is 1. The topological polar surface area (TPSA) is 202 Å². The van der Waals surface area contributed by atoms with Crippen LogP contribution in [0.1, 0.15) is 26.5 Å². The molecule has 154 valence electrons. The number of nitrogens with zero attached hydrogens (tertiary/aromatic N) is 6. The number of thiazole rings is 1. The lowest BCUT2D eigenvalue weighted by atomic mass is 9.97. The molecule has 14 nitrogen and oxygen atoms in total. The second-order valence-corrected chi connectivity index (χ2v) is 7.42. The molecule has 1 aliphatic rings. The Bertz CT molecular complexity index is 970. The van der Waals surface area contributed by atoms with E-state index in [-0.39, 0.29) is 22.5 Å². The summed E-state index contributed by atoms with van der Waals surface area (Å²) in [5, 5.41) is 30.1. The number of carboxylic acids is 1. The Morgan fingerprint density at radius 3 is 2.72 bits per heavy atom. The molecule has 2 aromatic rings. The molecular formula is C14H17N9O5S. The fourth-order valence-corrected chi connectivity index (χ4v) is 2.90. The molecule has 2 unspecified atom stereocenters. The molecule has 15 heteroatoms. The van der Waals surface area contributed by atoms with E-state index < -0.39 is 35.5 Å². The first-order valence-electron chi connectivity index (χ1n) is 8.20. The van der Waals surface area contributed by atoms with Crippen molar-refractivity contribution < 1.29 is 24.3 Å². The highest BCUT2D eigenvalue weighted by molar-refractivity contribution is 7.13. The molecule has 29 heavy (non-hydrogen) atoms. The van der Waals surface area contributed by atoms with Gasteiger partial charge in [0.2, 0.25) is 5.60 Å². The standard InChI is InChI=1S/C14H17N9O5S/c1-5-7(10(25)23(5)13-18-21-22-19-13)17-9(24)8(6-4-29-12(15)16-6)20-28-14(2,3)11(26)27/h4-5,7H,1-3H3,(H2,15,16)(H,17,24)(H,26,27)(H,18,19,21,22). The largest absolute Gasteiger partial charge is 0.478 e. The van der Waals surface area contributed by atoms with Gasteiger partial charge in [-0.2, -0.15) is 5.21 Å². The Kier molecular flexibility index (Phi) is 5.15. The van der Waals surface area contributed by atoms with E-state index in [4.69, 9.17) is 15.7 Å². The van der Waals surface area contributed by atoms with Crippen LogP contribution >= 0.6 is 11.3 Å². The lowest BCUT2D eigenvalue weighted by Gasteiger charge is -2.42. The van der Waals surface area contributed by atoms with E-state index in [9.17, 15) is 14.4 Å². The van der Waals surface area contributed by atoms with E-state index in [2.05, 4.69) is 36.1 Å². The number of oxime groups is 1. The summed E-state index contributed by atoms with van der Waals surface area (Å²) in [6, 6.07) is -1.34. The van der Waals surface area contributed by atoms with Crippen LogP contribution in [0, 0.1) is 0 Å². The van der Waals surface area contributed by atoms with E-state index in [0.717, 1.165) is 11.3 Å². The summed E-state index contributed by atoms with van der Waals surface area (Å²) in [6.07, 6.45) is 0. The van der Waals surface area contributed by atoms with Gasteiger partial charge in [0.15, 0.2) is 10.8 Å². The molecule has 2 atom stereocenters. The van der Waals surface area contributed by atoms with Crippen molar-refractivity contribution in [2.75, 3.05) is 10.6 Å². The number of carbonyl (C=O) groups is 3. The number of anilines is 2. The van der Waals surface area contributed by atoms with Gasteiger partial charge in [0, 0.05) is 5.38 Å². The maximum atomic E-state index is 12.8. The maximum absolute atomic E-state index is 12.8. The SMILES string of the molecule is CC1C(NC(=O)C(=NOC(C)(C)C(=O)O)c2csc(N)n2)C(=O)N1c1nn[nH]n1. The molecule has 0 saturated carbocycles. The van der Waals surface area contributed by atoms with Gasteiger partial charge in [-0.25, -0.2) is 9.78 Å². The van der Waals surface area contributed by atoms with Crippen LogP contribution < -0.4 is 16.0 Å². The number of aliphatic carboxylic acids is 1. The number of hydrogen-bond donors (Lipinski definition) is 4. The molecule has 1 saturated heterocycles. The predicted octanol–water partition coefficient (Wildman–Crippen LogP) is -1.26. The van der Waals surface area contributed by atoms with E-state index >= 15 is 0 Å². The first-order valence-corrected chi connectivity index (χ1v) is 9.08. The van der Waals surface area contributed by atoms with Crippen molar-refractivity contribution in [3.05, 3.63) is 11.1 Å². The van der Waals surface area contributed by atoms with Gasteiger partial charge in [-0.3, -0.25) is 14.5 Å². The van der Waals surface area contributed by atoms with Gasteiger partial charge in [-0.1, -0.05) is 10.3 Å². The van der Waals surface area contributed by atoms with E-state index in [0.29, 0.717) is 0 Å². The number of aromatic amines is 1. The molecule has 3 heterocycles. The molecule has 2 aromatic heterocycles. The summed E-state index contributed by atoms with van der Waals surface area (Å²) in [6.45, 7) is 4.22. The molecule has 0 radical (unpaired) electrons. The van der Waals surface area contributed by atoms with E-state index in [1.807, 2.05) is 0 Å². The Hall–Kier alpha value is -3.62. The van der Waals surface area contributed by atoms with Crippen molar-refractivity contribution in [1.29, 1.82) is 0 Å². The van der Waals surface area contributed by atoms with Crippen molar-refractivity contribution in [1.82, 2.24) is 30.9 Å². The number of aromatic nitrogens is 5. The monoisotopic (exact) mass is 423 g/mol. The molecule has 5 N–H and O–H groups in total. The van der Waals surface area contributed by atoms with Gasteiger partial charge in [0.05, 0.1) is 6.04 Å². The molecular weight excluding hydrogens is 406 g/mol. The first kappa shape index (κ1) is 20.1. The Morgan fingerprint density at radius 1 is 1.48 bits per heavy atom. The molecule has 0 spiro atoms. The maximum Gasteiger partial charge on any atom is 0.350 e. The van der Waals surface area contributed by atoms with Crippen LogP contribution in [0.2, 0.25) is 0 Å². The van der Waals surface area contributed by atoms with Gasteiger partial charge in [-0.05, 0) is 26.0 Å². The van der Waals surface area contributed by atoms with Crippen LogP contribution in [0.3, 0.4) is 0 Å². The summed E-state index contributed by atoms with van der Waals surface area (Å²) < 4.78 is 0. The average molecular weight is 423 g/mol. The highest BCUT2D eigenvalue weighted by Crippen LogP contribution is 2.24. The number of tetrazole rings is 1. The third-order valence-corrected chi connectivity index (χ3v) is 4.76. The molecule has 1 aliphatic heterocycles. The quantitative estimate of drug-likeness (QED) is 0.236. The van der Waals surface area contributed by atoms with Crippen molar-refractivity contribution in [3.8, 4) is 0 Å². The zero-order valence-electron chi connectivity index (χ0n) is 15.5. The van der Waals surface area contributed by atoms with Gasteiger partial charge in [-0.15, -0.1) is 16.4 Å². The third kappa shape index (κ3) is 3.84. The second kappa shape index (κ2) is 7.42. The number of carbonyl (C=O) groups excluding carboxylic acids is 2. The van der Waals surface area contributed by atoms with Crippen LogP contribution in [0.15, 0.2) is 10.5 Å². The second-order valence-electron chi connectivity index (χ2n) is 6.53. The summed E-state index contributed by atoms with van der Waals surface area (Å²) >= 11 is 1.06. The van der Waals surface area contributed by atoms with Crippen LogP contribution in [-0.4, -0.2) is 71.9 Å².